The lowest BCUT2D eigenvalue weighted by molar-refractivity contribution is -0.132. The summed E-state index contributed by atoms with van der Waals surface area (Å²) < 4.78 is 5.29. The van der Waals surface area contributed by atoms with Crippen LogP contribution in [0.25, 0.3) is 0 Å². The fourth-order valence-electron chi connectivity index (χ4n) is 2.39. The van der Waals surface area contributed by atoms with Crippen molar-refractivity contribution in [2.75, 3.05) is 19.8 Å². The van der Waals surface area contributed by atoms with E-state index in [1.54, 1.807) is 0 Å². The minimum absolute atomic E-state index is 0.0667. The van der Waals surface area contributed by atoms with Crippen LogP contribution < -0.4 is 5.32 Å². The maximum atomic E-state index is 12.2. The van der Waals surface area contributed by atoms with Crippen molar-refractivity contribution < 1.29 is 19.7 Å². The first-order chi connectivity index (χ1) is 9.96. The number of aliphatic hydroxyl groups excluding tert-OH is 2. The largest absolute Gasteiger partial charge is 0.396 e. The molecule has 2 rings (SSSR count). The molecule has 0 aliphatic carbocycles. The molecule has 1 amide bonds. The number of halogens is 2. The Morgan fingerprint density at radius 2 is 2.05 bits per heavy atom. The molecule has 21 heavy (non-hydrogen) atoms. The summed E-state index contributed by atoms with van der Waals surface area (Å²) in [7, 11) is 0. The molecule has 1 fully saturated rings. The molecule has 7 heteroatoms. The third-order valence-electron chi connectivity index (χ3n) is 3.53. The number of rotatable bonds is 5. The van der Waals surface area contributed by atoms with Gasteiger partial charge >= 0.3 is 0 Å². The van der Waals surface area contributed by atoms with Crippen LogP contribution in [0.5, 0.6) is 0 Å². The molecule has 1 aliphatic rings. The van der Waals surface area contributed by atoms with E-state index in [9.17, 15) is 9.90 Å². The van der Waals surface area contributed by atoms with Crippen LogP contribution in [0.3, 0.4) is 0 Å². The van der Waals surface area contributed by atoms with E-state index in [0.717, 1.165) is 0 Å². The van der Waals surface area contributed by atoms with Gasteiger partial charge in [0.25, 0.3) is 5.91 Å². The molecule has 116 valence electrons. The van der Waals surface area contributed by atoms with Gasteiger partial charge in [0, 0.05) is 23.3 Å². The fourth-order valence-corrected chi connectivity index (χ4v) is 2.94. The van der Waals surface area contributed by atoms with Crippen molar-refractivity contribution in [1.29, 1.82) is 0 Å². The number of carbonyl (C=O) groups is 1. The van der Waals surface area contributed by atoms with Crippen molar-refractivity contribution in [2.24, 2.45) is 0 Å². The predicted molar refractivity (Wildman–Crippen MR) is 79.4 cm³/mol. The number of benzene rings is 1. The summed E-state index contributed by atoms with van der Waals surface area (Å²) in [6.45, 7) is 0.768. The first-order valence-corrected chi connectivity index (χ1v) is 7.36. The number of aliphatic hydroxyl groups is 2. The molecule has 3 N–H and O–H groups in total. The molecule has 1 aromatic carbocycles. The van der Waals surface area contributed by atoms with E-state index in [1.165, 1.54) is 18.2 Å². The molecule has 0 saturated carbocycles. The van der Waals surface area contributed by atoms with Crippen LogP contribution >= 0.6 is 23.2 Å². The van der Waals surface area contributed by atoms with Crippen molar-refractivity contribution in [2.45, 2.75) is 24.5 Å². The standard InChI is InChI=1S/C14H17Cl2NO4/c15-10-5-9(6-11(16)7-10)12(19)13(20)17-14(1-3-18)2-4-21-8-14/h5-7,12,18-19H,1-4,8H2,(H,17,20)/t12-,14-/m1/s1. The van der Waals surface area contributed by atoms with Crippen molar-refractivity contribution in [1.82, 2.24) is 5.32 Å². The quantitative estimate of drug-likeness (QED) is 0.766. The highest BCUT2D eigenvalue weighted by molar-refractivity contribution is 6.34. The van der Waals surface area contributed by atoms with Crippen molar-refractivity contribution >= 4 is 29.1 Å². The lowest BCUT2D eigenvalue weighted by Crippen LogP contribution is -2.51. The van der Waals surface area contributed by atoms with E-state index in [2.05, 4.69) is 5.32 Å². The average Bonchev–Trinajstić information content (AvgIpc) is 2.85. The van der Waals surface area contributed by atoms with Crippen LogP contribution in [-0.4, -0.2) is 41.5 Å². The SMILES string of the molecule is O=C(N[C@]1(CCO)CCOC1)[C@H](O)c1cc(Cl)cc(Cl)c1. The summed E-state index contributed by atoms with van der Waals surface area (Å²) in [5, 5.41) is 22.7. The molecule has 1 aliphatic heterocycles. The predicted octanol–water partition coefficient (Wildman–Crippen LogP) is 1.68. The fraction of sp³-hybridized carbons (Fsp3) is 0.500. The minimum atomic E-state index is -1.38. The topological polar surface area (TPSA) is 78.8 Å². The van der Waals surface area contributed by atoms with Crippen molar-refractivity contribution in [3.63, 3.8) is 0 Å². The summed E-state index contributed by atoms with van der Waals surface area (Å²) >= 11 is 11.7. The average molecular weight is 334 g/mol. The molecule has 0 unspecified atom stereocenters. The van der Waals surface area contributed by atoms with E-state index >= 15 is 0 Å². The maximum absolute atomic E-state index is 12.2. The molecule has 0 radical (unpaired) electrons. The normalized spacial score (nSPS) is 23.0. The number of nitrogens with one attached hydrogen (secondary N) is 1. The Labute approximate surface area is 132 Å². The van der Waals surface area contributed by atoms with Crippen LogP contribution in [0.2, 0.25) is 10.0 Å². The highest BCUT2D eigenvalue weighted by Crippen LogP contribution is 2.26. The zero-order valence-electron chi connectivity index (χ0n) is 11.3. The Morgan fingerprint density at radius 1 is 1.38 bits per heavy atom. The monoisotopic (exact) mass is 333 g/mol. The first kappa shape index (κ1) is 16.5. The first-order valence-electron chi connectivity index (χ1n) is 6.60. The Hall–Kier alpha value is -0.850. The van der Waals surface area contributed by atoms with Gasteiger partial charge in [-0.1, -0.05) is 23.2 Å². The number of carbonyl (C=O) groups excluding carboxylic acids is 1. The zero-order chi connectivity index (χ0) is 15.5. The molecular weight excluding hydrogens is 317 g/mol. The number of ether oxygens (including phenoxy) is 1. The van der Waals surface area contributed by atoms with Crippen molar-refractivity contribution in [3.8, 4) is 0 Å². The summed E-state index contributed by atoms with van der Waals surface area (Å²) in [6.07, 6.45) is -0.401. The van der Waals surface area contributed by atoms with Gasteiger partial charge in [-0.2, -0.15) is 0 Å². The van der Waals surface area contributed by atoms with Crippen LogP contribution in [0.1, 0.15) is 24.5 Å². The molecule has 0 aromatic heterocycles. The highest BCUT2D eigenvalue weighted by Gasteiger charge is 2.37. The summed E-state index contributed by atoms with van der Waals surface area (Å²) in [5.41, 5.74) is -0.307. The lowest BCUT2D eigenvalue weighted by Gasteiger charge is -2.29. The second kappa shape index (κ2) is 6.94. The van der Waals surface area contributed by atoms with Gasteiger partial charge in [0.1, 0.15) is 0 Å². The van der Waals surface area contributed by atoms with Gasteiger partial charge in [0.05, 0.1) is 12.1 Å². The Kier molecular flexibility index (Phi) is 5.46. The van der Waals surface area contributed by atoms with Crippen LogP contribution in [0.15, 0.2) is 18.2 Å². The van der Waals surface area contributed by atoms with E-state index in [0.29, 0.717) is 41.7 Å². The number of hydrogen-bond donors (Lipinski definition) is 3. The third-order valence-corrected chi connectivity index (χ3v) is 3.97. The number of amides is 1. The molecule has 1 heterocycles. The molecule has 0 bridgehead atoms. The molecule has 2 atom stereocenters. The van der Waals surface area contributed by atoms with E-state index in [-0.39, 0.29) is 6.61 Å². The van der Waals surface area contributed by atoms with Crippen LogP contribution in [0.4, 0.5) is 0 Å². The Bertz CT molecular complexity index is 497. The van der Waals surface area contributed by atoms with Crippen LogP contribution in [-0.2, 0) is 9.53 Å². The van der Waals surface area contributed by atoms with Gasteiger partial charge < -0.3 is 20.3 Å². The summed E-state index contributed by atoms with van der Waals surface area (Å²) in [5.74, 6) is -0.563. The van der Waals surface area contributed by atoms with Gasteiger partial charge in [0.2, 0.25) is 0 Å². The van der Waals surface area contributed by atoms with Gasteiger partial charge in [-0.15, -0.1) is 0 Å². The Morgan fingerprint density at radius 3 is 2.57 bits per heavy atom. The molecule has 1 aromatic rings. The van der Waals surface area contributed by atoms with E-state index in [1.807, 2.05) is 0 Å². The second-order valence-corrected chi connectivity index (χ2v) is 6.02. The smallest absolute Gasteiger partial charge is 0.253 e. The van der Waals surface area contributed by atoms with Crippen molar-refractivity contribution in [3.05, 3.63) is 33.8 Å². The summed E-state index contributed by atoms with van der Waals surface area (Å²) in [6, 6.07) is 4.50. The molecule has 5 nitrogen and oxygen atoms in total. The second-order valence-electron chi connectivity index (χ2n) is 5.15. The van der Waals surface area contributed by atoms with Crippen LogP contribution in [0, 0.1) is 0 Å². The molecule has 1 saturated heterocycles. The third kappa shape index (κ3) is 4.08. The highest BCUT2D eigenvalue weighted by atomic mass is 35.5. The van der Waals surface area contributed by atoms with Gasteiger partial charge in [0.15, 0.2) is 6.10 Å². The minimum Gasteiger partial charge on any atom is -0.396 e. The van der Waals surface area contributed by atoms with Gasteiger partial charge in [-0.05, 0) is 36.6 Å². The molecule has 0 spiro atoms. The molecular formula is C14H17Cl2NO4. The summed E-state index contributed by atoms with van der Waals surface area (Å²) in [4.78, 5) is 12.2. The number of hydrogen-bond acceptors (Lipinski definition) is 4. The van der Waals surface area contributed by atoms with Gasteiger partial charge in [-0.25, -0.2) is 0 Å². The van der Waals surface area contributed by atoms with Gasteiger partial charge in [-0.3, -0.25) is 4.79 Å². The Balaban J connectivity index is 2.11. The van der Waals surface area contributed by atoms with E-state index in [4.69, 9.17) is 33.0 Å². The maximum Gasteiger partial charge on any atom is 0.253 e. The lowest BCUT2D eigenvalue weighted by atomic mass is 9.94. The van der Waals surface area contributed by atoms with E-state index < -0.39 is 17.6 Å². The zero-order valence-corrected chi connectivity index (χ0v) is 12.8.